The van der Waals surface area contributed by atoms with Crippen LogP contribution in [0.1, 0.15) is 10.4 Å². The lowest BCUT2D eigenvalue weighted by atomic mass is 10.2. The van der Waals surface area contributed by atoms with Crippen molar-refractivity contribution in [2.24, 2.45) is 0 Å². The lowest BCUT2D eigenvalue weighted by Gasteiger charge is -2.18. The molecular weight excluding hydrogens is 478 g/mol. The van der Waals surface area contributed by atoms with Crippen molar-refractivity contribution < 1.29 is 23.4 Å². The molecule has 34 heavy (non-hydrogen) atoms. The predicted molar refractivity (Wildman–Crippen MR) is 132 cm³/mol. The van der Waals surface area contributed by atoms with Gasteiger partial charge in [0.25, 0.3) is 5.91 Å². The number of rotatable bonds is 4. The molecule has 10 heteroatoms. The second-order valence-corrected chi connectivity index (χ2v) is 8.13. The van der Waals surface area contributed by atoms with E-state index in [2.05, 4.69) is 15.6 Å². The number of aromatic nitrogens is 1. The number of carbonyl (C=O) groups excluding carboxylic acids is 1. The molecule has 2 heterocycles. The van der Waals surface area contributed by atoms with Crippen LogP contribution >= 0.6 is 23.8 Å². The SMILES string of the molecule is COc1ccc(-c2nc3cc(NC(=S)NC(=O)c4ccc5c(c4)OCCO5)ccc3o2)cc1Cl. The van der Waals surface area contributed by atoms with Crippen LogP contribution < -0.4 is 24.8 Å². The molecule has 4 aromatic rings. The van der Waals surface area contributed by atoms with E-state index < -0.39 is 0 Å². The maximum Gasteiger partial charge on any atom is 0.257 e. The molecule has 2 N–H and O–H groups in total. The number of hydrogen-bond acceptors (Lipinski definition) is 7. The molecule has 0 saturated heterocycles. The van der Waals surface area contributed by atoms with Gasteiger partial charge in [0.1, 0.15) is 24.5 Å². The Morgan fingerprint density at radius 3 is 2.68 bits per heavy atom. The summed E-state index contributed by atoms with van der Waals surface area (Å²) < 4.78 is 22.0. The maximum absolute atomic E-state index is 12.6. The molecule has 1 aliphatic rings. The number of fused-ring (bicyclic) bond motifs is 2. The fourth-order valence-electron chi connectivity index (χ4n) is 3.45. The van der Waals surface area contributed by atoms with Gasteiger partial charge in [-0.15, -0.1) is 0 Å². The molecule has 8 nitrogen and oxygen atoms in total. The van der Waals surface area contributed by atoms with Gasteiger partial charge in [0.2, 0.25) is 5.89 Å². The van der Waals surface area contributed by atoms with E-state index in [9.17, 15) is 4.79 Å². The standard InChI is InChI=1S/C24H18ClN3O5S/c1-30-18-5-3-14(10-16(18)25)23-27-17-12-15(4-7-19(17)33-23)26-24(34)28-22(29)13-2-6-20-21(11-13)32-9-8-31-20/h2-7,10-12H,8-9H2,1H3,(H2,26,28,29,34). The van der Waals surface area contributed by atoms with Crippen LogP contribution in [0.15, 0.2) is 59.0 Å². The number of thiocarbonyl (C=S) groups is 1. The molecular formula is C24H18ClN3O5S. The van der Waals surface area contributed by atoms with Crippen molar-refractivity contribution in [3.63, 3.8) is 0 Å². The number of benzene rings is 3. The number of carbonyl (C=O) groups is 1. The summed E-state index contributed by atoms with van der Waals surface area (Å²) in [5, 5.41) is 6.26. The minimum Gasteiger partial charge on any atom is -0.495 e. The Kier molecular flexibility index (Phi) is 5.95. The Morgan fingerprint density at radius 2 is 1.88 bits per heavy atom. The Hall–Kier alpha value is -3.82. The van der Waals surface area contributed by atoms with Gasteiger partial charge < -0.3 is 23.9 Å². The van der Waals surface area contributed by atoms with Crippen molar-refractivity contribution in [3.8, 4) is 28.7 Å². The van der Waals surface area contributed by atoms with Gasteiger partial charge >= 0.3 is 0 Å². The largest absolute Gasteiger partial charge is 0.495 e. The van der Waals surface area contributed by atoms with Gasteiger partial charge in [0.15, 0.2) is 22.2 Å². The summed E-state index contributed by atoms with van der Waals surface area (Å²) in [7, 11) is 1.55. The molecule has 3 aromatic carbocycles. The van der Waals surface area contributed by atoms with Crippen LogP contribution in [-0.2, 0) is 0 Å². The fraction of sp³-hybridized carbons (Fsp3) is 0.125. The minimum atomic E-state index is -0.365. The molecule has 1 aliphatic heterocycles. The Balaban J connectivity index is 1.28. The van der Waals surface area contributed by atoms with E-state index in [1.165, 1.54) is 0 Å². The Labute approximate surface area is 204 Å². The summed E-state index contributed by atoms with van der Waals surface area (Å²) in [6.07, 6.45) is 0. The van der Waals surface area contributed by atoms with Crippen LogP contribution in [0.5, 0.6) is 17.2 Å². The number of methoxy groups -OCH3 is 1. The van der Waals surface area contributed by atoms with Crippen molar-refractivity contribution >= 4 is 51.6 Å². The van der Waals surface area contributed by atoms with Crippen molar-refractivity contribution in [3.05, 3.63) is 65.2 Å². The summed E-state index contributed by atoms with van der Waals surface area (Å²) in [4.78, 5) is 17.1. The van der Waals surface area contributed by atoms with E-state index >= 15 is 0 Å². The summed E-state index contributed by atoms with van der Waals surface area (Å²) in [5.41, 5.74) is 2.99. The third kappa shape index (κ3) is 4.48. The Bertz CT molecular complexity index is 1420. The Morgan fingerprint density at radius 1 is 1.06 bits per heavy atom. The zero-order valence-electron chi connectivity index (χ0n) is 17.9. The van der Waals surface area contributed by atoms with Gasteiger partial charge in [-0.25, -0.2) is 4.98 Å². The highest BCUT2D eigenvalue weighted by atomic mass is 35.5. The summed E-state index contributed by atoms with van der Waals surface area (Å²) in [5.74, 6) is 1.77. The number of nitrogens with one attached hydrogen (secondary N) is 2. The second kappa shape index (κ2) is 9.20. The maximum atomic E-state index is 12.6. The molecule has 5 rings (SSSR count). The zero-order valence-corrected chi connectivity index (χ0v) is 19.5. The van der Waals surface area contributed by atoms with Crippen molar-refractivity contribution in [2.75, 3.05) is 25.6 Å². The number of halogens is 1. The molecule has 0 bridgehead atoms. The van der Waals surface area contributed by atoms with E-state index in [-0.39, 0.29) is 11.0 Å². The molecule has 0 radical (unpaired) electrons. The molecule has 0 saturated carbocycles. The predicted octanol–water partition coefficient (Wildman–Crippen LogP) is 5.05. The zero-order chi connectivity index (χ0) is 23.7. The third-order valence-electron chi connectivity index (χ3n) is 5.08. The number of ether oxygens (including phenoxy) is 3. The molecule has 0 aliphatic carbocycles. The quantitative estimate of drug-likeness (QED) is 0.380. The van der Waals surface area contributed by atoms with E-state index in [1.807, 2.05) is 6.07 Å². The molecule has 1 amide bonds. The van der Waals surface area contributed by atoms with Crippen LogP contribution in [0, 0.1) is 0 Å². The van der Waals surface area contributed by atoms with Gasteiger partial charge in [-0.3, -0.25) is 10.1 Å². The average Bonchev–Trinajstić information content (AvgIpc) is 3.27. The van der Waals surface area contributed by atoms with Gasteiger partial charge in [-0.2, -0.15) is 0 Å². The topological polar surface area (TPSA) is 94.9 Å². The first-order valence-electron chi connectivity index (χ1n) is 10.3. The van der Waals surface area contributed by atoms with Gasteiger partial charge in [-0.1, -0.05) is 11.6 Å². The molecule has 1 aromatic heterocycles. The highest BCUT2D eigenvalue weighted by molar-refractivity contribution is 7.80. The number of amides is 1. The van der Waals surface area contributed by atoms with E-state index in [0.29, 0.717) is 63.7 Å². The van der Waals surface area contributed by atoms with Crippen LogP contribution in [0.4, 0.5) is 5.69 Å². The molecule has 0 atom stereocenters. The van der Waals surface area contributed by atoms with Crippen molar-refractivity contribution in [1.82, 2.24) is 10.3 Å². The van der Waals surface area contributed by atoms with Crippen LogP contribution in [0.3, 0.4) is 0 Å². The summed E-state index contributed by atoms with van der Waals surface area (Å²) in [6, 6.07) is 15.6. The smallest absolute Gasteiger partial charge is 0.257 e. The lowest BCUT2D eigenvalue weighted by molar-refractivity contribution is 0.0976. The minimum absolute atomic E-state index is 0.143. The first-order chi connectivity index (χ1) is 16.5. The highest BCUT2D eigenvalue weighted by Gasteiger charge is 2.16. The van der Waals surface area contributed by atoms with Gasteiger partial charge in [0, 0.05) is 16.8 Å². The van der Waals surface area contributed by atoms with Crippen LogP contribution in [-0.4, -0.2) is 36.3 Å². The van der Waals surface area contributed by atoms with E-state index in [0.717, 1.165) is 5.56 Å². The third-order valence-corrected chi connectivity index (χ3v) is 5.58. The first-order valence-corrected chi connectivity index (χ1v) is 11.1. The lowest BCUT2D eigenvalue weighted by Crippen LogP contribution is -2.34. The first kappa shape index (κ1) is 22.0. The van der Waals surface area contributed by atoms with Crippen LogP contribution in [0.2, 0.25) is 5.02 Å². The molecule has 172 valence electrons. The number of hydrogen-bond donors (Lipinski definition) is 2. The normalized spacial score (nSPS) is 12.3. The average molecular weight is 496 g/mol. The summed E-state index contributed by atoms with van der Waals surface area (Å²) in [6.45, 7) is 0.924. The number of oxazole rings is 1. The van der Waals surface area contributed by atoms with Crippen LogP contribution in [0.25, 0.3) is 22.6 Å². The molecule has 0 fully saturated rings. The second-order valence-electron chi connectivity index (χ2n) is 7.32. The number of nitrogens with zero attached hydrogens (tertiary/aromatic N) is 1. The molecule has 0 unspecified atom stereocenters. The van der Waals surface area contributed by atoms with Gasteiger partial charge in [0.05, 0.1) is 12.1 Å². The highest BCUT2D eigenvalue weighted by Crippen LogP contribution is 2.32. The van der Waals surface area contributed by atoms with Gasteiger partial charge in [-0.05, 0) is 66.8 Å². The van der Waals surface area contributed by atoms with E-state index in [1.54, 1.807) is 55.6 Å². The van der Waals surface area contributed by atoms with Crippen molar-refractivity contribution in [2.45, 2.75) is 0 Å². The number of anilines is 1. The summed E-state index contributed by atoms with van der Waals surface area (Å²) >= 11 is 11.5. The fourth-order valence-corrected chi connectivity index (χ4v) is 3.92. The van der Waals surface area contributed by atoms with E-state index in [4.69, 9.17) is 42.4 Å². The van der Waals surface area contributed by atoms with Crippen molar-refractivity contribution in [1.29, 1.82) is 0 Å². The molecule has 0 spiro atoms. The monoisotopic (exact) mass is 495 g/mol.